The van der Waals surface area contributed by atoms with Crippen molar-refractivity contribution < 1.29 is 9.47 Å². The maximum atomic E-state index is 9.64. The zero-order valence-corrected chi connectivity index (χ0v) is 18.6. The van der Waals surface area contributed by atoms with Crippen LogP contribution in [0.5, 0.6) is 11.5 Å². The van der Waals surface area contributed by atoms with Crippen LogP contribution >= 0.6 is 23.2 Å². The lowest BCUT2D eigenvalue weighted by molar-refractivity contribution is 0.282. The van der Waals surface area contributed by atoms with Crippen LogP contribution in [0.4, 0.5) is 0 Å². The predicted octanol–water partition coefficient (Wildman–Crippen LogP) is 7.37. The number of allylic oxidation sites excluding steroid dienone is 2. The minimum absolute atomic E-state index is 0.263. The van der Waals surface area contributed by atoms with Crippen molar-refractivity contribution in [3.8, 4) is 17.6 Å². The molecule has 0 heterocycles. The van der Waals surface area contributed by atoms with Crippen molar-refractivity contribution in [3.05, 3.63) is 106 Å². The minimum Gasteiger partial charge on any atom is -0.493 e. The highest BCUT2D eigenvalue weighted by atomic mass is 35.5. The van der Waals surface area contributed by atoms with E-state index in [0.29, 0.717) is 33.5 Å². The maximum absolute atomic E-state index is 9.64. The van der Waals surface area contributed by atoms with Crippen LogP contribution in [0, 0.1) is 11.3 Å². The van der Waals surface area contributed by atoms with Gasteiger partial charge in [0.25, 0.3) is 0 Å². The van der Waals surface area contributed by atoms with Crippen LogP contribution in [-0.2, 0) is 13.0 Å². The Kier molecular flexibility index (Phi) is 7.78. The molecule has 0 spiro atoms. The minimum atomic E-state index is 0.263. The van der Waals surface area contributed by atoms with Crippen LogP contribution in [0.25, 0.3) is 11.6 Å². The van der Waals surface area contributed by atoms with E-state index in [4.69, 9.17) is 32.7 Å². The summed E-state index contributed by atoms with van der Waals surface area (Å²) in [5.74, 6) is 1.19. The summed E-state index contributed by atoms with van der Waals surface area (Å²) in [6.07, 6.45) is 4.21. The first-order valence-corrected chi connectivity index (χ1v) is 10.4. The molecule has 156 valence electrons. The number of hydrogen-bond acceptors (Lipinski definition) is 3. The molecule has 5 heteroatoms. The van der Waals surface area contributed by atoms with Crippen LogP contribution < -0.4 is 9.47 Å². The highest BCUT2D eigenvalue weighted by Gasteiger charge is 2.14. The lowest BCUT2D eigenvalue weighted by atomic mass is 10.0. The molecule has 0 aliphatic rings. The van der Waals surface area contributed by atoms with Crippen molar-refractivity contribution in [2.24, 2.45) is 0 Å². The number of rotatable bonds is 8. The van der Waals surface area contributed by atoms with E-state index in [1.807, 2.05) is 54.6 Å². The Morgan fingerprint density at radius 1 is 1.06 bits per heavy atom. The number of nitriles is 1. The molecule has 0 aliphatic carbocycles. The molecule has 0 fully saturated rings. The van der Waals surface area contributed by atoms with Gasteiger partial charge in [-0.15, -0.1) is 6.58 Å². The van der Waals surface area contributed by atoms with Crippen LogP contribution in [-0.4, -0.2) is 7.11 Å². The predicted molar refractivity (Wildman–Crippen MR) is 128 cm³/mol. The van der Waals surface area contributed by atoms with E-state index < -0.39 is 0 Å². The number of benzene rings is 3. The van der Waals surface area contributed by atoms with Crippen molar-refractivity contribution in [2.75, 3.05) is 7.11 Å². The molecule has 31 heavy (non-hydrogen) atoms. The lowest BCUT2D eigenvalue weighted by Crippen LogP contribution is -2.02. The molecule has 3 nitrogen and oxygen atoms in total. The Morgan fingerprint density at radius 3 is 2.48 bits per heavy atom. The largest absolute Gasteiger partial charge is 0.493 e. The number of nitrogens with zero attached hydrogens (tertiary/aromatic N) is 1. The summed E-state index contributed by atoms with van der Waals surface area (Å²) in [6.45, 7) is 4.11. The summed E-state index contributed by atoms with van der Waals surface area (Å²) >= 11 is 12.3. The third-order valence-corrected chi connectivity index (χ3v) is 5.23. The number of ether oxygens (including phenoxy) is 2. The third kappa shape index (κ3) is 5.70. The zero-order chi connectivity index (χ0) is 22.2. The van der Waals surface area contributed by atoms with Crippen LogP contribution in [0.1, 0.15) is 22.3 Å². The molecule has 3 aromatic carbocycles. The molecule has 0 aromatic heterocycles. The molecule has 0 saturated carbocycles. The van der Waals surface area contributed by atoms with Crippen LogP contribution in [0.2, 0.25) is 10.0 Å². The molecule has 3 aromatic rings. The van der Waals surface area contributed by atoms with Crippen LogP contribution in [0.3, 0.4) is 0 Å². The molecule has 0 unspecified atom stereocenters. The average molecular weight is 450 g/mol. The summed E-state index contributed by atoms with van der Waals surface area (Å²) < 4.78 is 11.7. The first kappa shape index (κ1) is 22.5. The van der Waals surface area contributed by atoms with E-state index in [-0.39, 0.29) is 6.61 Å². The fourth-order valence-corrected chi connectivity index (χ4v) is 3.61. The van der Waals surface area contributed by atoms with Crippen molar-refractivity contribution in [3.63, 3.8) is 0 Å². The Balaban J connectivity index is 1.98. The van der Waals surface area contributed by atoms with Gasteiger partial charge in [0, 0.05) is 21.2 Å². The molecule has 0 amide bonds. The summed E-state index contributed by atoms with van der Waals surface area (Å²) in [4.78, 5) is 0. The fourth-order valence-electron chi connectivity index (χ4n) is 3.14. The second-order valence-corrected chi connectivity index (χ2v) is 7.61. The van der Waals surface area contributed by atoms with Gasteiger partial charge in [0.05, 0.1) is 18.8 Å². The first-order chi connectivity index (χ1) is 15.0. The second kappa shape index (κ2) is 10.7. The lowest BCUT2D eigenvalue weighted by Gasteiger charge is -2.16. The van der Waals surface area contributed by atoms with E-state index >= 15 is 0 Å². The molecule has 0 saturated heterocycles. The van der Waals surface area contributed by atoms with Gasteiger partial charge in [-0.2, -0.15) is 5.26 Å². The van der Waals surface area contributed by atoms with E-state index in [1.165, 1.54) is 0 Å². The van der Waals surface area contributed by atoms with Gasteiger partial charge in [0.2, 0.25) is 0 Å². The smallest absolute Gasteiger partial charge is 0.165 e. The topological polar surface area (TPSA) is 42.2 Å². The standard InChI is InChI=1S/C26H21Cl2NO2/c1-3-7-20-12-18(13-22(16-29)19-8-5-4-6-9-19)14-25(30-2)26(20)31-17-21-10-11-23(27)15-24(21)28/h3-6,8-15H,1,7,17H2,2H3/b22-13+. The van der Waals surface area contributed by atoms with Crippen molar-refractivity contribution in [2.45, 2.75) is 13.0 Å². The Labute approximate surface area is 192 Å². The average Bonchev–Trinajstić information content (AvgIpc) is 2.78. The van der Waals surface area contributed by atoms with Gasteiger partial charge in [-0.1, -0.05) is 65.7 Å². The summed E-state index contributed by atoms with van der Waals surface area (Å²) in [5.41, 5.74) is 3.97. The van der Waals surface area contributed by atoms with Gasteiger partial charge >= 0.3 is 0 Å². The van der Waals surface area contributed by atoms with Gasteiger partial charge in [-0.05, 0) is 47.9 Å². The Bertz CT molecular complexity index is 1150. The van der Waals surface area contributed by atoms with Crippen LogP contribution in [0.15, 0.2) is 73.3 Å². The van der Waals surface area contributed by atoms with Gasteiger partial charge in [0.1, 0.15) is 6.61 Å². The molecule has 0 atom stereocenters. The zero-order valence-electron chi connectivity index (χ0n) is 17.1. The van der Waals surface area contributed by atoms with Gasteiger partial charge in [-0.25, -0.2) is 0 Å². The van der Waals surface area contributed by atoms with Gasteiger partial charge in [0.15, 0.2) is 11.5 Å². The van der Waals surface area contributed by atoms with E-state index in [9.17, 15) is 5.26 Å². The molecule has 0 radical (unpaired) electrons. The number of halogens is 2. The Morgan fingerprint density at radius 2 is 1.84 bits per heavy atom. The highest BCUT2D eigenvalue weighted by molar-refractivity contribution is 6.35. The molecule has 0 bridgehead atoms. The Hall–Kier alpha value is -3.19. The summed E-state index contributed by atoms with van der Waals surface area (Å²) in [7, 11) is 1.59. The summed E-state index contributed by atoms with van der Waals surface area (Å²) in [5, 5.41) is 10.7. The monoisotopic (exact) mass is 449 g/mol. The third-order valence-electron chi connectivity index (χ3n) is 4.64. The molecule has 0 N–H and O–H groups in total. The first-order valence-electron chi connectivity index (χ1n) is 9.61. The van der Waals surface area contributed by atoms with E-state index in [1.54, 1.807) is 25.3 Å². The molecule has 0 aliphatic heterocycles. The van der Waals surface area contributed by atoms with Gasteiger partial charge in [-0.3, -0.25) is 0 Å². The van der Waals surface area contributed by atoms with Crippen molar-refractivity contribution in [1.29, 1.82) is 5.26 Å². The molecular weight excluding hydrogens is 429 g/mol. The molecule has 3 rings (SSSR count). The molecular formula is C26H21Cl2NO2. The van der Waals surface area contributed by atoms with E-state index in [0.717, 1.165) is 22.3 Å². The number of hydrogen-bond donors (Lipinski definition) is 0. The van der Waals surface area contributed by atoms with E-state index in [2.05, 4.69) is 12.6 Å². The fraction of sp³-hybridized carbons (Fsp3) is 0.115. The second-order valence-electron chi connectivity index (χ2n) is 6.76. The SMILES string of the molecule is C=CCc1cc(/C=C(\C#N)c2ccccc2)cc(OC)c1OCc1ccc(Cl)cc1Cl. The maximum Gasteiger partial charge on any atom is 0.165 e. The van der Waals surface area contributed by atoms with Crippen molar-refractivity contribution >= 4 is 34.9 Å². The number of methoxy groups -OCH3 is 1. The quantitative estimate of drug-likeness (QED) is 0.204. The van der Waals surface area contributed by atoms with Crippen molar-refractivity contribution in [1.82, 2.24) is 0 Å². The van der Waals surface area contributed by atoms with Gasteiger partial charge < -0.3 is 9.47 Å². The highest BCUT2D eigenvalue weighted by Crippen LogP contribution is 2.36. The normalized spacial score (nSPS) is 11.0. The summed E-state index contributed by atoms with van der Waals surface area (Å²) in [6, 6.07) is 20.9.